The number of methoxy groups -OCH3 is 1. The number of halogens is 1. The zero-order valence-corrected chi connectivity index (χ0v) is 14.9. The Kier molecular flexibility index (Phi) is 5.76. The molecule has 1 amide bonds. The minimum absolute atomic E-state index is 0.0260. The number of hydrogen-bond acceptors (Lipinski definition) is 4. The molecule has 8 heteroatoms. The molecule has 2 aromatic carbocycles. The fourth-order valence-electron chi connectivity index (χ4n) is 2.23. The number of amides is 1. The molecule has 0 aromatic heterocycles. The van der Waals surface area contributed by atoms with Crippen molar-refractivity contribution in [2.24, 2.45) is 0 Å². The van der Waals surface area contributed by atoms with Crippen molar-refractivity contribution in [2.75, 3.05) is 21.2 Å². The van der Waals surface area contributed by atoms with E-state index in [0.29, 0.717) is 5.56 Å². The van der Waals surface area contributed by atoms with Crippen LogP contribution in [-0.4, -0.2) is 39.8 Å². The lowest BCUT2D eigenvalue weighted by Gasteiger charge is -2.16. The number of ether oxygens (including phenoxy) is 1. The number of sulfonamides is 1. The van der Waals surface area contributed by atoms with Crippen LogP contribution in [0.5, 0.6) is 5.75 Å². The molecule has 0 radical (unpaired) electrons. The molecule has 0 aliphatic carbocycles. The van der Waals surface area contributed by atoms with Gasteiger partial charge in [-0.3, -0.25) is 4.79 Å². The van der Waals surface area contributed by atoms with E-state index in [0.717, 1.165) is 10.4 Å². The number of nitrogens with one attached hydrogen (secondary N) is 1. The molecule has 0 bridgehead atoms. The van der Waals surface area contributed by atoms with Gasteiger partial charge in [0.15, 0.2) is 0 Å². The third kappa shape index (κ3) is 4.15. The molecule has 0 saturated carbocycles. The van der Waals surface area contributed by atoms with Crippen LogP contribution in [0.2, 0.25) is 0 Å². The van der Waals surface area contributed by atoms with Gasteiger partial charge >= 0.3 is 0 Å². The maximum Gasteiger partial charge on any atom is 0.255 e. The van der Waals surface area contributed by atoms with Crippen molar-refractivity contribution in [3.05, 3.63) is 59.4 Å². The Morgan fingerprint density at radius 2 is 1.88 bits per heavy atom. The number of nitrogens with zero attached hydrogens (tertiary/aromatic N) is 1. The Morgan fingerprint density at radius 1 is 1.20 bits per heavy atom. The average molecular weight is 366 g/mol. The van der Waals surface area contributed by atoms with Gasteiger partial charge < -0.3 is 10.1 Å². The summed E-state index contributed by atoms with van der Waals surface area (Å²) in [4.78, 5) is 12.4. The van der Waals surface area contributed by atoms with E-state index in [4.69, 9.17) is 4.74 Å². The van der Waals surface area contributed by atoms with Gasteiger partial charge in [0.1, 0.15) is 11.6 Å². The van der Waals surface area contributed by atoms with Crippen LogP contribution in [0.4, 0.5) is 4.39 Å². The standard InChI is InChI=1S/C17H19FN2O4S/c1-20(2)25(22,23)16-7-5-4-6-12(16)11-19-17(21)14-10-13(18)8-9-15(14)24-3/h4-10H,11H2,1-3H3,(H,19,21). The molecule has 0 aliphatic heterocycles. The van der Waals surface area contributed by atoms with Gasteiger partial charge in [-0.25, -0.2) is 17.1 Å². The van der Waals surface area contributed by atoms with Crippen LogP contribution >= 0.6 is 0 Å². The molecule has 2 aromatic rings. The first kappa shape index (κ1) is 18.9. The van der Waals surface area contributed by atoms with Crippen LogP contribution in [0.25, 0.3) is 0 Å². The highest BCUT2D eigenvalue weighted by atomic mass is 32.2. The molecular weight excluding hydrogens is 347 g/mol. The highest BCUT2D eigenvalue weighted by Crippen LogP contribution is 2.21. The SMILES string of the molecule is COc1ccc(F)cc1C(=O)NCc1ccccc1S(=O)(=O)N(C)C. The monoisotopic (exact) mass is 366 g/mol. The number of carbonyl (C=O) groups excluding carboxylic acids is 1. The number of rotatable bonds is 6. The molecular formula is C17H19FN2O4S. The van der Waals surface area contributed by atoms with E-state index in [-0.39, 0.29) is 22.8 Å². The molecule has 0 saturated heterocycles. The molecule has 0 atom stereocenters. The van der Waals surface area contributed by atoms with E-state index in [1.807, 2.05) is 0 Å². The smallest absolute Gasteiger partial charge is 0.255 e. The first-order chi connectivity index (χ1) is 11.8. The maximum absolute atomic E-state index is 13.4. The van der Waals surface area contributed by atoms with Crippen molar-refractivity contribution < 1.29 is 22.3 Å². The first-order valence-electron chi connectivity index (χ1n) is 7.39. The van der Waals surface area contributed by atoms with Gasteiger partial charge in [0.05, 0.1) is 17.6 Å². The zero-order valence-electron chi connectivity index (χ0n) is 14.1. The van der Waals surface area contributed by atoms with E-state index in [1.165, 1.54) is 39.4 Å². The Hall–Kier alpha value is -2.45. The van der Waals surface area contributed by atoms with Crippen LogP contribution in [0.1, 0.15) is 15.9 Å². The van der Waals surface area contributed by atoms with Crippen LogP contribution in [0.15, 0.2) is 47.4 Å². The average Bonchev–Trinajstić information content (AvgIpc) is 2.59. The third-order valence-corrected chi connectivity index (χ3v) is 5.49. The van der Waals surface area contributed by atoms with Crippen molar-refractivity contribution in [3.8, 4) is 5.75 Å². The summed E-state index contributed by atoms with van der Waals surface area (Å²) in [6, 6.07) is 9.98. The molecule has 1 N–H and O–H groups in total. The molecule has 0 fully saturated rings. The molecule has 0 aliphatic rings. The number of benzene rings is 2. The largest absolute Gasteiger partial charge is 0.496 e. The van der Waals surface area contributed by atoms with Gasteiger partial charge in [-0.15, -0.1) is 0 Å². The van der Waals surface area contributed by atoms with E-state index >= 15 is 0 Å². The van der Waals surface area contributed by atoms with Gasteiger partial charge in [-0.05, 0) is 29.8 Å². The molecule has 25 heavy (non-hydrogen) atoms. The van der Waals surface area contributed by atoms with E-state index in [1.54, 1.807) is 18.2 Å². The fraction of sp³-hybridized carbons (Fsp3) is 0.235. The second kappa shape index (κ2) is 7.62. The highest BCUT2D eigenvalue weighted by molar-refractivity contribution is 7.89. The van der Waals surface area contributed by atoms with Crippen LogP contribution in [-0.2, 0) is 16.6 Å². The van der Waals surface area contributed by atoms with Gasteiger partial charge in [-0.1, -0.05) is 18.2 Å². The summed E-state index contributed by atoms with van der Waals surface area (Å²) in [6.45, 7) is -0.0260. The molecule has 6 nitrogen and oxygen atoms in total. The second-order valence-electron chi connectivity index (χ2n) is 5.42. The summed E-state index contributed by atoms with van der Waals surface area (Å²) in [5.41, 5.74) is 0.468. The molecule has 0 heterocycles. The Bertz CT molecular complexity index is 882. The van der Waals surface area contributed by atoms with Crippen molar-refractivity contribution >= 4 is 15.9 Å². The summed E-state index contributed by atoms with van der Waals surface area (Å²) in [7, 11) is 0.601. The van der Waals surface area contributed by atoms with Crippen LogP contribution in [0, 0.1) is 5.82 Å². The van der Waals surface area contributed by atoms with E-state index in [9.17, 15) is 17.6 Å². The fourth-order valence-corrected chi connectivity index (χ4v) is 3.34. The normalized spacial score (nSPS) is 11.4. The Balaban J connectivity index is 2.26. The maximum atomic E-state index is 13.4. The molecule has 134 valence electrons. The van der Waals surface area contributed by atoms with Crippen molar-refractivity contribution in [2.45, 2.75) is 11.4 Å². The van der Waals surface area contributed by atoms with E-state index in [2.05, 4.69) is 5.32 Å². The lowest BCUT2D eigenvalue weighted by Crippen LogP contribution is -2.27. The Morgan fingerprint density at radius 3 is 2.52 bits per heavy atom. The minimum atomic E-state index is -3.64. The predicted molar refractivity (Wildman–Crippen MR) is 91.4 cm³/mol. The quantitative estimate of drug-likeness (QED) is 0.849. The summed E-state index contributed by atoms with van der Waals surface area (Å²) in [5, 5.41) is 2.60. The lowest BCUT2D eigenvalue weighted by molar-refractivity contribution is 0.0947. The second-order valence-corrected chi connectivity index (χ2v) is 7.54. The van der Waals surface area contributed by atoms with Gasteiger partial charge in [0.25, 0.3) is 5.91 Å². The van der Waals surface area contributed by atoms with E-state index < -0.39 is 21.7 Å². The van der Waals surface area contributed by atoms with Crippen molar-refractivity contribution in [1.82, 2.24) is 9.62 Å². The summed E-state index contributed by atoms with van der Waals surface area (Å²) >= 11 is 0. The minimum Gasteiger partial charge on any atom is -0.496 e. The summed E-state index contributed by atoms with van der Waals surface area (Å²) < 4.78 is 44.3. The van der Waals surface area contributed by atoms with Gasteiger partial charge in [0.2, 0.25) is 10.0 Å². The molecule has 2 rings (SSSR count). The van der Waals surface area contributed by atoms with Crippen LogP contribution < -0.4 is 10.1 Å². The first-order valence-corrected chi connectivity index (χ1v) is 8.83. The van der Waals surface area contributed by atoms with Crippen molar-refractivity contribution in [1.29, 1.82) is 0 Å². The topological polar surface area (TPSA) is 75.7 Å². The Labute approximate surface area is 146 Å². The van der Waals surface area contributed by atoms with Gasteiger partial charge in [-0.2, -0.15) is 0 Å². The van der Waals surface area contributed by atoms with Crippen molar-refractivity contribution in [3.63, 3.8) is 0 Å². The van der Waals surface area contributed by atoms with Crippen LogP contribution in [0.3, 0.4) is 0 Å². The molecule has 0 spiro atoms. The van der Waals surface area contributed by atoms with Gasteiger partial charge in [0, 0.05) is 20.6 Å². The predicted octanol–water partition coefficient (Wildman–Crippen LogP) is 2.01. The molecule has 0 unspecified atom stereocenters. The highest BCUT2D eigenvalue weighted by Gasteiger charge is 2.21. The summed E-state index contributed by atoms with van der Waals surface area (Å²) in [5.74, 6) is -0.900. The lowest BCUT2D eigenvalue weighted by atomic mass is 10.1. The number of hydrogen-bond donors (Lipinski definition) is 1. The summed E-state index contributed by atoms with van der Waals surface area (Å²) in [6.07, 6.45) is 0. The number of carbonyl (C=O) groups is 1. The zero-order chi connectivity index (χ0) is 18.6. The third-order valence-electron chi connectivity index (χ3n) is 3.58.